The maximum Gasteiger partial charge on any atom is 0.314 e. The highest BCUT2D eigenvalue weighted by atomic mass is 16.5. The number of hydrogen-bond donors (Lipinski definition) is 2. The Bertz CT molecular complexity index is 1220. The Morgan fingerprint density at radius 1 is 0.778 bits per heavy atom. The Morgan fingerprint density at radius 3 is 1.64 bits per heavy atom. The molecule has 1 unspecified atom stereocenters. The summed E-state index contributed by atoms with van der Waals surface area (Å²) in [6.07, 6.45) is 2.83. The van der Waals surface area contributed by atoms with Crippen molar-refractivity contribution in [1.29, 1.82) is 0 Å². The summed E-state index contributed by atoms with van der Waals surface area (Å²) < 4.78 is 22.5. The third-order valence-electron chi connectivity index (χ3n) is 6.95. The van der Waals surface area contributed by atoms with Gasteiger partial charge in [0.25, 0.3) is 0 Å². The number of carbonyl (C=O) groups is 2. The van der Waals surface area contributed by atoms with Crippen molar-refractivity contribution in [1.82, 2.24) is 4.90 Å². The molecule has 2 heterocycles. The van der Waals surface area contributed by atoms with Crippen LogP contribution >= 0.6 is 0 Å². The number of aliphatic carboxylic acids is 2. The molecule has 2 N–H and O–H groups in total. The number of nitrogens with zero attached hydrogens (tertiary/aromatic N) is 1. The van der Waals surface area contributed by atoms with Crippen LogP contribution in [0, 0.1) is 0 Å². The third kappa shape index (κ3) is 4.70. The molecule has 0 spiro atoms. The van der Waals surface area contributed by atoms with E-state index in [4.69, 9.17) is 29.2 Å². The first-order chi connectivity index (χ1) is 17.3. The second-order valence-corrected chi connectivity index (χ2v) is 8.90. The molecule has 1 fully saturated rings. The fourth-order valence-electron chi connectivity index (χ4n) is 5.34. The average Bonchev–Trinajstić information content (AvgIpc) is 3.33. The van der Waals surface area contributed by atoms with Crippen LogP contribution < -0.4 is 18.9 Å². The molecule has 0 saturated carbocycles. The van der Waals surface area contributed by atoms with E-state index in [2.05, 4.69) is 29.2 Å². The lowest BCUT2D eigenvalue weighted by molar-refractivity contribution is -0.147. The van der Waals surface area contributed by atoms with Crippen LogP contribution in [-0.4, -0.2) is 68.1 Å². The Kier molecular flexibility index (Phi) is 7.40. The van der Waals surface area contributed by atoms with Gasteiger partial charge in [0.15, 0.2) is 23.0 Å². The highest BCUT2D eigenvalue weighted by Gasteiger charge is 2.33. The SMILES string of the molecule is COc1cc2c3c(c4cc(OC)c(OC)cc4c2cc1OC)CN1CCCC1C3.O=C(O)CC(=O)O. The van der Waals surface area contributed by atoms with Crippen molar-refractivity contribution in [3.63, 3.8) is 0 Å². The zero-order chi connectivity index (χ0) is 26.0. The smallest absolute Gasteiger partial charge is 0.314 e. The molecule has 0 radical (unpaired) electrons. The van der Waals surface area contributed by atoms with E-state index in [0.29, 0.717) is 6.04 Å². The lowest BCUT2D eigenvalue weighted by atomic mass is 9.85. The number of fused-ring (bicyclic) bond motifs is 7. The Hall–Kier alpha value is -3.72. The van der Waals surface area contributed by atoms with Crippen LogP contribution in [0.2, 0.25) is 0 Å². The normalized spacial score (nSPS) is 16.5. The molecule has 9 heteroatoms. The van der Waals surface area contributed by atoms with Gasteiger partial charge in [0, 0.05) is 12.6 Å². The van der Waals surface area contributed by atoms with Crippen LogP contribution in [0.25, 0.3) is 21.5 Å². The van der Waals surface area contributed by atoms with E-state index in [1.807, 2.05) is 0 Å². The van der Waals surface area contributed by atoms with Gasteiger partial charge in [-0.25, -0.2) is 0 Å². The number of hydrogen-bond acceptors (Lipinski definition) is 7. The topological polar surface area (TPSA) is 115 Å². The first-order valence-electron chi connectivity index (χ1n) is 11.7. The standard InChI is InChI=1S/C24H27NO4.C3H4O4/c1-26-21-9-16-15-8-14-6-5-7-25(14)13-20(15)19-12-24(29-4)23(28-3)11-18(19)17(16)10-22(21)27-2;4-2(5)1-3(6)7/h9-12,14H,5-8,13H2,1-4H3;1H2,(H,4,5)(H,6,7). The minimum Gasteiger partial charge on any atom is -0.493 e. The van der Waals surface area contributed by atoms with E-state index >= 15 is 0 Å². The first kappa shape index (κ1) is 25.4. The van der Waals surface area contributed by atoms with Gasteiger partial charge in [0.05, 0.1) is 28.4 Å². The Morgan fingerprint density at radius 2 is 1.22 bits per heavy atom. The number of rotatable bonds is 6. The van der Waals surface area contributed by atoms with Gasteiger partial charge in [0.1, 0.15) is 6.42 Å². The van der Waals surface area contributed by atoms with E-state index < -0.39 is 18.4 Å². The molecule has 2 aliphatic rings. The van der Waals surface area contributed by atoms with Gasteiger partial charge in [-0.05, 0) is 82.7 Å². The third-order valence-corrected chi connectivity index (χ3v) is 6.95. The lowest BCUT2D eigenvalue weighted by Crippen LogP contribution is -2.35. The zero-order valence-corrected chi connectivity index (χ0v) is 20.9. The van der Waals surface area contributed by atoms with Gasteiger partial charge >= 0.3 is 11.9 Å². The molecule has 1 atom stereocenters. The molecule has 192 valence electrons. The van der Waals surface area contributed by atoms with Gasteiger partial charge in [-0.15, -0.1) is 0 Å². The summed E-state index contributed by atoms with van der Waals surface area (Å²) in [6, 6.07) is 9.12. The predicted octanol–water partition coefficient (Wildman–Crippen LogP) is 4.09. The fraction of sp³-hybridized carbons (Fsp3) is 0.407. The molecule has 9 nitrogen and oxygen atoms in total. The monoisotopic (exact) mass is 497 g/mol. The van der Waals surface area contributed by atoms with E-state index in [0.717, 1.165) is 41.3 Å². The maximum atomic E-state index is 9.43. The summed E-state index contributed by atoms with van der Waals surface area (Å²) in [7, 11) is 6.76. The van der Waals surface area contributed by atoms with Crippen molar-refractivity contribution in [2.24, 2.45) is 0 Å². The van der Waals surface area contributed by atoms with Crippen LogP contribution in [0.5, 0.6) is 23.0 Å². The largest absolute Gasteiger partial charge is 0.493 e. The maximum absolute atomic E-state index is 9.43. The summed E-state index contributed by atoms with van der Waals surface area (Å²) in [5, 5.41) is 20.2. The van der Waals surface area contributed by atoms with E-state index in [-0.39, 0.29) is 0 Å². The molecule has 0 aliphatic carbocycles. The summed E-state index contributed by atoms with van der Waals surface area (Å²) in [4.78, 5) is 21.5. The summed E-state index contributed by atoms with van der Waals surface area (Å²) in [6.45, 7) is 2.17. The van der Waals surface area contributed by atoms with Gasteiger partial charge in [0.2, 0.25) is 0 Å². The van der Waals surface area contributed by atoms with Crippen LogP contribution in [0.1, 0.15) is 30.4 Å². The van der Waals surface area contributed by atoms with Crippen molar-refractivity contribution in [2.75, 3.05) is 35.0 Å². The van der Waals surface area contributed by atoms with Crippen molar-refractivity contribution in [2.45, 2.75) is 38.3 Å². The van der Waals surface area contributed by atoms with Crippen LogP contribution in [0.15, 0.2) is 24.3 Å². The van der Waals surface area contributed by atoms with Crippen molar-refractivity contribution >= 4 is 33.5 Å². The molecule has 3 aromatic rings. The molecule has 5 rings (SSSR count). The summed E-state index contributed by atoms with van der Waals surface area (Å²) in [5.41, 5.74) is 2.84. The fourth-order valence-corrected chi connectivity index (χ4v) is 5.34. The predicted molar refractivity (Wildman–Crippen MR) is 135 cm³/mol. The van der Waals surface area contributed by atoms with Crippen molar-refractivity contribution < 1.29 is 38.7 Å². The minimum atomic E-state index is -1.31. The molecule has 3 aromatic carbocycles. The number of benzene rings is 3. The van der Waals surface area contributed by atoms with E-state index in [1.165, 1.54) is 46.7 Å². The van der Waals surface area contributed by atoms with Gasteiger partial charge in [-0.3, -0.25) is 14.5 Å². The Labute approximate surface area is 209 Å². The lowest BCUT2D eigenvalue weighted by Gasteiger charge is -2.33. The number of methoxy groups -OCH3 is 4. The molecular weight excluding hydrogens is 466 g/mol. The molecule has 1 saturated heterocycles. The minimum absolute atomic E-state index is 0.636. The van der Waals surface area contributed by atoms with E-state index in [1.54, 1.807) is 28.4 Å². The van der Waals surface area contributed by atoms with Gasteiger partial charge in [-0.2, -0.15) is 0 Å². The van der Waals surface area contributed by atoms with Gasteiger partial charge < -0.3 is 29.2 Å². The molecule has 0 amide bonds. The second-order valence-electron chi connectivity index (χ2n) is 8.90. The highest BCUT2D eigenvalue weighted by Crippen LogP contribution is 2.46. The number of ether oxygens (including phenoxy) is 4. The van der Waals surface area contributed by atoms with Crippen LogP contribution in [0.4, 0.5) is 0 Å². The Balaban J connectivity index is 0.000000384. The molecule has 36 heavy (non-hydrogen) atoms. The highest BCUT2D eigenvalue weighted by molar-refractivity contribution is 6.13. The molecule has 0 bridgehead atoms. The molecular formula is C27H31NO8. The average molecular weight is 498 g/mol. The summed E-state index contributed by atoms with van der Waals surface area (Å²) in [5.74, 6) is 0.404. The van der Waals surface area contributed by atoms with Crippen LogP contribution in [0.3, 0.4) is 0 Å². The number of carboxylic acids is 2. The summed E-state index contributed by atoms with van der Waals surface area (Å²) >= 11 is 0. The first-order valence-corrected chi connectivity index (χ1v) is 11.7. The van der Waals surface area contributed by atoms with Crippen molar-refractivity contribution in [3.05, 3.63) is 35.4 Å². The van der Waals surface area contributed by atoms with E-state index in [9.17, 15) is 9.59 Å². The zero-order valence-electron chi connectivity index (χ0n) is 20.9. The quantitative estimate of drug-likeness (QED) is 0.384. The van der Waals surface area contributed by atoms with Crippen LogP contribution in [-0.2, 0) is 22.6 Å². The van der Waals surface area contributed by atoms with Crippen molar-refractivity contribution in [3.8, 4) is 23.0 Å². The molecule has 2 aliphatic heterocycles. The number of carboxylic acid groups (broad SMARTS) is 2. The van der Waals surface area contributed by atoms with Gasteiger partial charge in [-0.1, -0.05) is 0 Å². The second kappa shape index (κ2) is 10.5. The molecule has 0 aromatic heterocycles.